The first-order valence-corrected chi connectivity index (χ1v) is 11.1. The number of sulfonamides is 1. The van der Waals surface area contributed by atoms with Gasteiger partial charge in [-0.3, -0.25) is 9.69 Å². The number of nitrogens with one attached hydrogen (secondary N) is 1. The molecule has 1 aliphatic heterocycles. The van der Waals surface area contributed by atoms with Crippen molar-refractivity contribution in [3.63, 3.8) is 0 Å². The molecular formula is C20H22F3N3O3S. The highest BCUT2D eigenvalue weighted by Crippen LogP contribution is 2.30. The molecule has 0 spiro atoms. The zero-order valence-corrected chi connectivity index (χ0v) is 17.1. The van der Waals surface area contributed by atoms with Crippen LogP contribution in [0.5, 0.6) is 0 Å². The minimum Gasteiger partial charge on any atom is -0.322 e. The van der Waals surface area contributed by atoms with Gasteiger partial charge in [0.2, 0.25) is 10.0 Å². The average molecular weight is 441 g/mol. The van der Waals surface area contributed by atoms with E-state index in [1.807, 2.05) is 0 Å². The number of amides is 1. The summed E-state index contributed by atoms with van der Waals surface area (Å²) in [7, 11) is -3.17. The summed E-state index contributed by atoms with van der Waals surface area (Å²) in [5.41, 5.74) is 0.533. The second kappa shape index (κ2) is 8.75. The summed E-state index contributed by atoms with van der Waals surface area (Å²) in [4.78, 5) is 14.5. The van der Waals surface area contributed by atoms with E-state index in [1.165, 1.54) is 22.7 Å². The van der Waals surface area contributed by atoms with E-state index >= 15 is 0 Å². The molecule has 0 radical (unpaired) electrons. The molecule has 162 valence electrons. The fourth-order valence-electron chi connectivity index (χ4n) is 3.22. The number of hydrogen-bond acceptors (Lipinski definition) is 4. The third-order valence-corrected chi connectivity index (χ3v) is 6.17. The van der Waals surface area contributed by atoms with E-state index in [-0.39, 0.29) is 5.69 Å². The molecule has 1 saturated heterocycles. The molecule has 30 heavy (non-hydrogen) atoms. The third kappa shape index (κ3) is 5.80. The molecule has 0 atom stereocenters. The minimum absolute atomic E-state index is 0.0719. The zero-order valence-electron chi connectivity index (χ0n) is 16.3. The van der Waals surface area contributed by atoms with Crippen molar-refractivity contribution in [1.29, 1.82) is 0 Å². The quantitative estimate of drug-likeness (QED) is 0.775. The maximum absolute atomic E-state index is 12.8. The predicted octanol–water partition coefficient (Wildman–Crippen LogP) is 3.03. The van der Waals surface area contributed by atoms with Crippen LogP contribution in [0.15, 0.2) is 48.5 Å². The van der Waals surface area contributed by atoms with E-state index in [9.17, 15) is 26.4 Å². The topological polar surface area (TPSA) is 69.7 Å². The Morgan fingerprint density at radius 1 is 1.03 bits per heavy atom. The second-order valence-corrected chi connectivity index (χ2v) is 9.15. The number of carbonyl (C=O) groups excluding carboxylic acids is 1. The molecule has 0 aromatic heterocycles. The van der Waals surface area contributed by atoms with E-state index < -0.39 is 27.7 Å². The zero-order chi connectivity index (χ0) is 21.9. The Bertz CT molecular complexity index is 1000. The van der Waals surface area contributed by atoms with Crippen molar-refractivity contribution >= 4 is 21.6 Å². The second-order valence-electron chi connectivity index (χ2n) is 7.17. The largest absolute Gasteiger partial charge is 0.416 e. The van der Waals surface area contributed by atoms with Gasteiger partial charge in [0, 0.05) is 44.0 Å². The Balaban J connectivity index is 1.57. The minimum atomic E-state index is -4.48. The van der Waals surface area contributed by atoms with E-state index in [0.29, 0.717) is 38.3 Å². The fourth-order valence-corrected chi connectivity index (χ4v) is 4.04. The number of nitrogens with zero attached hydrogens (tertiary/aromatic N) is 2. The third-order valence-electron chi connectivity index (χ3n) is 4.87. The Morgan fingerprint density at radius 3 is 2.23 bits per heavy atom. The van der Waals surface area contributed by atoms with Gasteiger partial charge in [-0.25, -0.2) is 8.42 Å². The molecule has 1 fully saturated rings. The van der Waals surface area contributed by atoms with Crippen molar-refractivity contribution in [2.75, 3.05) is 37.8 Å². The predicted molar refractivity (Wildman–Crippen MR) is 108 cm³/mol. The summed E-state index contributed by atoms with van der Waals surface area (Å²) in [5.74, 6) is -0.498. The van der Waals surface area contributed by atoms with Crippen LogP contribution in [0.3, 0.4) is 0 Å². The first-order valence-electron chi connectivity index (χ1n) is 9.27. The number of carbonyl (C=O) groups is 1. The van der Waals surface area contributed by atoms with Crippen molar-refractivity contribution in [2.24, 2.45) is 0 Å². The smallest absolute Gasteiger partial charge is 0.322 e. The first-order chi connectivity index (χ1) is 14.0. The molecule has 6 nitrogen and oxygen atoms in total. The summed E-state index contributed by atoms with van der Waals surface area (Å²) in [6.07, 6.45) is -3.28. The van der Waals surface area contributed by atoms with E-state index in [0.717, 1.165) is 17.7 Å². The van der Waals surface area contributed by atoms with Crippen LogP contribution in [0, 0.1) is 0 Å². The van der Waals surface area contributed by atoms with Gasteiger partial charge in [0.15, 0.2) is 0 Å². The molecule has 0 unspecified atom stereocenters. The molecule has 2 aromatic carbocycles. The van der Waals surface area contributed by atoms with Crippen molar-refractivity contribution < 1.29 is 26.4 Å². The van der Waals surface area contributed by atoms with Crippen molar-refractivity contribution in [2.45, 2.75) is 12.7 Å². The van der Waals surface area contributed by atoms with Gasteiger partial charge in [0.1, 0.15) is 0 Å². The summed E-state index contributed by atoms with van der Waals surface area (Å²) in [5, 5.41) is 2.48. The molecule has 0 saturated carbocycles. The number of alkyl halides is 3. The van der Waals surface area contributed by atoms with Crippen LogP contribution in [-0.2, 0) is 22.7 Å². The number of anilines is 1. The van der Waals surface area contributed by atoms with Crippen LogP contribution in [0.25, 0.3) is 0 Å². The van der Waals surface area contributed by atoms with Gasteiger partial charge in [-0.1, -0.05) is 18.2 Å². The molecule has 0 bridgehead atoms. The maximum Gasteiger partial charge on any atom is 0.416 e. The highest BCUT2D eigenvalue weighted by atomic mass is 32.2. The standard InChI is InChI=1S/C20H22F3N3O3S/c1-30(28,29)26-11-9-25(10-12-26)14-15-5-7-16(8-6-15)19(27)24-18-4-2-3-17(13-18)20(21,22)23/h2-8,13H,9-12,14H2,1H3,(H,24,27). The van der Waals surface area contributed by atoms with E-state index in [2.05, 4.69) is 10.2 Å². The van der Waals surface area contributed by atoms with Crippen LogP contribution >= 0.6 is 0 Å². The Labute approximate surface area is 173 Å². The molecule has 1 heterocycles. The number of benzene rings is 2. The van der Waals surface area contributed by atoms with Crippen LogP contribution < -0.4 is 5.32 Å². The molecule has 0 aliphatic carbocycles. The first kappa shape index (κ1) is 22.3. The van der Waals surface area contributed by atoms with Gasteiger partial charge in [-0.15, -0.1) is 0 Å². The molecule has 1 aliphatic rings. The summed E-state index contributed by atoms with van der Waals surface area (Å²) in [6, 6.07) is 11.3. The lowest BCUT2D eigenvalue weighted by atomic mass is 10.1. The monoisotopic (exact) mass is 441 g/mol. The van der Waals surface area contributed by atoms with Gasteiger partial charge in [0.05, 0.1) is 11.8 Å². The van der Waals surface area contributed by atoms with Crippen LogP contribution in [0.1, 0.15) is 21.5 Å². The van der Waals surface area contributed by atoms with E-state index in [1.54, 1.807) is 24.3 Å². The molecule has 3 rings (SSSR count). The molecule has 10 heteroatoms. The van der Waals surface area contributed by atoms with Crippen molar-refractivity contribution in [1.82, 2.24) is 9.21 Å². The van der Waals surface area contributed by atoms with Crippen LogP contribution in [0.4, 0.5) is 18.9 Å². The highest BCUT2D eigenvalue weighted by Gasteiger charge is 2.30. The highest BCUT2D eigenvalue weighted by molar-refractivity contribution is 7.88. The lowest BCUT2D eigenvalue weighted by molar-refractivity contribution is -0.137. The number of piperazine rings is 1. The maximum atomic E-state index is 12.8. The fraction of sp³-hybridized carbons (Fsp3) is 0.350. The Hall–Kier alpha value is -2.43. The van der Waals surface area contributed by atoms with Crippen LogP contribution in [-0.4, -0.2) is 56.0 Å². The molecule has 2 aromatic rings. The normalized spacial score (nSPS) is 16.4. The SMILES string of the molecule is CS(=O)(=O)N1CCN(Cc2ccc(C(=O)Nc3cccc(C(F)(F)F)c3)cc2)CC1. The van der Waals surface area contributed by atoms with Crippen LogP contribution in [0.2, 0.25) is 0 Å². The molecule has 1 N–H and O–H groups in total. The summed E-state index contributed by atoms with van der Waals surface area (Å²) >= 11 is 0. The molecular weight excluding hydrogens is 419 g/mol. The van der Waals surface area contributed by atoms with Crippen molar-refractivity contribution in [3.05, 3.63) is 65.2 Å². The van der Waals surface area contributed by atoms with Crippen molar-refractivity contribution in [3.8, 4) is 0 Å². The average Bonchev–Trinajstić information content (AvgIpc) is 2.68. The Kier molecular flexibility index (Phi) is 6.49. The Morgan fingerprint density at radius 2 is 1.67 bits per heavy atom. The number of rotatable bonds is 5. The van der Waals surface area contributed by atoms with E-state index in [4.69, 9.17) is 0 Å². The van der Waals surface area contributed by atoms with Gasteiger partial charge >= 0.3 is 6.18 Å². The number of halogens is 3. The summed E-state index contributed by atoms with van der Waals surface area (Å²) in [6.45, 7) is 2.73. The summed E-state index contributed by atoms with van der Waals surface area (Å²) < 4.78 is 63.0. The van der Waals surface area contributed by atoms with Gasteiger partial charge in [0.25, 0.3) is 5.91 Å². The molecule has 1 amide bonds. The van der Waals surface area contributed by atoms with Gasteiger partial charge in [-0.05, 0) is 35.9 Å². The lowest BCUT2D eigenvalue weighted by Gasteiger charge is -2.33. The number of hydrogen-bond donors (Lipinski definition) is 1. The lowest BCUT2D eigenvalue weighted by Crippen LogP contribution is -2.47. The van der Waals surface area contributed by atoms with Gasteiger partial charge in [-0.2, -0.15) is 17.5 Å². The van der Waals surface area contributed by atoms with Gasteiger partial charge < -0.3 is 5.32 Å².